The number of carbonyl (C=O) groups is 1. The van der Waals surface area contributed by atoms with E-state index >= 15 is 0 Å². The fourth-order valence-electron chi connectivity index (χ4n) is 5.15. The zero-order chi connectivity index (χ0) is 22.9. The maximum absolute atomic E-state index is 12.9. The summed E-state index contributed by atoms with van der Waals surface area (Å²) in [4.78, 5) is 30.1. The minimum atomic E-state index is 0.116. The first-order valence-corrected chi connectivity index (χ1v) is 13.0. The molecule has 1 aliphatic carbocycles. The Bertz CT molecular complexity index is 1310. The summed E-state index contributed by atoms with van der Waals surface area (Å²) < 4.78 is 0. The number of benzene rings is 2. The van der Waals surface area contributed by atoms with Crippen LogP contribution in [0.5, 0.6) is 0 Å². The quantitative estimate of drug-likeness (QED) is 0.417. The predicted molar refractivity (Wildman–Crippen MR) is 138 cm³/mol. The van der Waals surface area contributed by atoms with E-state index in [9.17, 15) is 4.79 Å². The van der Waals surface area contributed by atoms with E-state index in [0.717, 1.165) is 54.4 Å². The molecule has 34 heavy (non-hydrogen) atoms. The summed E-state index contributed by atoms with van der Waals surface area (Å²) in [5, 5.41) is 1.26. The van der Waals surface area contributed by atoms with E-state index in [0.29, 0.717) is 13.1 Å². The van der Waals surface area contributed by atoms with Crippen molar-refractivity contribution in [1.29, 1.82) is 0 Å². The first-order valence-electron chi connectivity index (χ1n) is 12.2. The molecule has 2 aromatic heterocycles. The van der Waals surface area contributed by atoms with Crippen LogP contribution < -0.4 is 4.90 Å². The highest BCUT2D eigenvalue weighted by Gasteiger charge is 2.27. The summed E-state index contributed by atoms with van der Waals surface area (Å²) in [6.07, 6.45) is 5.52. The van der Waals surface area contributed by atoms with Crippen LogP contribution in [0.4, 0.5) is 5.82 Å². The van der Waals surface area contributed by atoms with Crippen molar-refractivity contribution in [1.82, 2.24) is 14.9 Å². The SMILES string of the molecule is O=C(c1ccccc1)N1CCN(c2nc(Cc3ccccc3)nc3sc4c(c23)CCCC4)CC1. The van der Waals surface area contributed by atoms with Gasteiger partial charge in [0.15, 0.2) is 0 Å². The molecule has 0 unspecified atom stereocenters. The lowest BCUT2D eigenvalue weighted by Gasteiger charge is -2.36. The summed E-state index contributed by atoms with van der Waals surface area (Å²) in [5.74, 6) is 2.07. The zero-order valence-electron chi connectivity index (χ0n) is 19.2. The molecule has 3 heterocycles. The average Bonchev–Trinajstić information content (AvgIpc) is 3.27. The van der Waals surface area contributed by atoms with Gasteiger partial charge in [-0.05, 0) is 48.9 Å². The number of amides is 1. The molecule has 1 saturated heterocycles. The number of anilines is 1. The predicted octanol–water partition coefficient (Wildman–Crippen LogP) is 5.12. The molecular weight excluding hydrogens is 440 g/mol. The Hall–Kier alpha value is -3.25. The monoisotopic (exact) mass is 468 g/mol. The van der Waals surface area contributed by atoms with Crippen molar-refractivity contribution in [2.45, 2.75) is 32.1 Å². The van der Waals surface area contributed by atoms with E-state index < -0.39 is 0 Å². The molecule has 2 aromatic carbocycles. The van der Waals surface area contributed by atoms with Crippen molar-refractivity contribution >= 4 is 33.3 Å². The van der Waals surface area contributed by atoms with Gasteiger partial charge in [0.25, 0.3) is 5.91 Å². The van der Waals surface area contributed by atoms with Crippen molar-refractivity contribution in [3.05, 3.63) is 88.1 Å². The Morgan fingerprint density at radius 3 is 2.32 bits per heavy atom. The normalized spacial score (nSPS) is 16.0. The molecule has 0 bridgehead atoms. The lowest BCUT2D eigenvalue weighted by atomic mass is 9.96. The van der Waals surface area contributed by atoms with Crippen molar-refractivity contribution < 1.29 is 4.79 Å². The van der Waals surface area contributed by atoms with E-state index in [-0.39, 0.29) is 5.91 Å². The van der Waals surface area contributed by atoms with Crippen molar-refractivity contribution in [2.75, 3.05) is 31.1 Å². The standard InChI is InChI=1S/C28H28N4OS/c33-28(21-11-5-2-6-12-21)32-17-15-31(16-18-32)26-25-22-13-7-8-14-23(22)34-27(25)30-24(29-26)19-20-9-3-1-4-10-20/h1-6,9-12H,7-8,13-19H2. The van der Waals surface area contributed by atoms with E-state index in [4.69, 9.17) is 9.97 Å². The Kier molecular flexibility index (Phi) is 5.75. The Balaban J connectivity index is 1.32. The molecule has 6 rings (SSSR count). The molecule has 172 valence electrons. The fraction of sp³-hybridized carbons (Fsp3) is 0.321. The second-order valence-corrected chi connectivity index (χ2v) is 10.2. The number of fused-ring (bicyclic) bond motifs is 3. The highest BCUT2D eigenvalue weighted by Crippen LogP contribution is 2.40. The molecule has 4 aromatic rings. The lowest BCUT2D eigenvalue weighted by Crippen LogP contribution is -2.49. The molecule has 0 spiro atoms. The van der Waals surface area contributed by atoms with Gasteiger partial charge in [-0.15, -0.1) is 11.3 Å². The van der Waals surface area contributed by atoms with Gasteiger partial charge in [0.1, 0.15) is 16.5 Å². The van der Waals surface area contributed by atoms with Crippen LogP contribution in [0.15, 0.2) is 60.7 Å². The zero-order valence-corrected chi connectivity index (χ0v) is 20.1. The van der Waals surface area contributed by atoms with Crippen LogP contribution in [-0.4, -0.2) is 47.0 Å². The smallest absolute Gasteiger partial charge is 0.253 e. The molecule has 0 N–H and O–H groups in total. The molecular formula is C28H28N4OS. The van der Waals surface area contributed by atoms with Gasteiger partial charge in [-0.3, -0.25) is 4.79 Å². The number of hydrogen-bond acceptors (Lipinski definition) is 5. The van der Waals surface area contributed by atoms with E-state index in [2.05, 4.69) is 29.2 Å². The molecule has 0 radical (unpaired) electrons. The molecule has 1 amide bonds. The summed E-state index contributed by atoms with van der Waals surface area (Å²) in [6, 6.07) is 20.1. The number of piperazine rings is 1. The van der Waals surface area contributed by atoms with Crippen LogP contribution in [-0.2, 0) is 19.3 Å². The van der Waals surface area contributed by atoms with Crippen LogP contribution in [0.25, 0.3) is 10.2 Å². The van der Waals surface area contributed by atoms with Crippen molar-refractivity contribution in [3.63, 3.8) is 0 Å². The van der Waals surface area contributed by atoms with E-state index in [1.165, 1.54) is 34.2 Å². The summed E-state index contributed by atoms with van der Waals surface area (Å²) >= 11 is 1.86. The number of rotatable bonds is 4. The van der Waals surface area contributed by atoms with E-state index in [1.807, 2.05) is 52.6 Å². The third-order valence-electron chi connectivity index (χ3n) is 6.93. The van der Waals surface area contributed by atoms with Gasteiger partial charge >= 0.3 is 0 Å². The summed E-state index contributed by atoms with van der Waals surface area (Å²) in [5.41, 5.74) is 3.46. The Labute approximate surface area is 204 Å². The van der Waals surface area contributed by atoms with Crippen LogP contribution >= 0.6 is 11.3 Å². The third kappa shape index (κ3) is 4.07. The van der Waals surface area contributed by atoms with Gasteiger partial charge in [0.05, 0.1) is 5.39 Å². The molecule has 0 saturated carbocycles. The van der Waals surface area contributed by atoms with Crippen LogP contribution in [0, 0.1) is 0 Å². The summed E-state index contributed by atoms with van der Waals surface area (Å²) in [6.45, 7) is 3.00. The van der Waals surface area contributed by atoms with Gasteiger partial charge in [0.2, 0.25) is 0 Å². The van der Waals surface area contributed by atoms with Crippen molar-refractivity contribution in [2.24, 2.45) is 0 Å². The molecule has 1 aliphatic heterocycles. The second kappa shape index (κ2) is 9.18. The number of aromatic nitrogens is 2. The van der Waals surface area contributed by atoms with Gasteiger partial charge in [-0.25, -0.2) is 9.97 Å². The Morgan fingerprint density at radius 1 is 0.853 bits per heavy atom. The highest BCUT2D eigenvalue weighted by molar-refractivity contribution is 7.19. The van der Waals surface area contributed by atoms with Crippen molar-refractivity contribution in [3.8, 4) is 0 Å². The van der Waals surface area contributed by atoms with Gasteiger partial charge in [0, 0.05) is 43.0 Å². The number of hydrogen-bond donors (Lipinski definition) is 0. The molecule has 0 atom stereocenters. The minimum absolute atomic E-state index is 0.116. The highest BCUT2D eigenvalue weighted by atomic mass is 32.1. The first kappa shape index (κ1) is 21.3. The van der Waals surface area contributed by atoms with Gasteiger partial charge in [-0.1, -0.05) is 48.5 Å². The number of nitrogens with zero attached hydrogens (tertiary/aromatic N) is 4. The first-order chi connectivity index (χ1) is 16.8. The minimum Gasteiger partial charge on any atom is -0.352 e. The van der Waals surface area contributed by atoms with Crippen LogP contribution in [0.1, 0.15) is 45.0 Å². The Morgan fingerprint density at radius 2 is 1.56 bits per heavy atom. The maximum atomic E-state index is 12.9. The van der Waals surface area contributed by atoms with Gasteiger partial charge in [-0.2, -0.15) is 0 Å². The number of thiophene rings is 1. The lowest BCUT2D eigenvalue weighted by molar-refractivity contribution is 0.0746. The van der Waals surface area contributed by atoms with Crippen LogP contribution in [0.3, 0.4) is 0 Å². The fourth-order valence-corrected chi connectivity index (χ4v) is 6.43. The third-order valence-corrected chi connectivity index (χ3v) is 8.12. The largest absolute Gasteiger partial charge is 0.352 e. The average molecular weight is 469 g/mol. The van der Waals surface area contributed by atoms with Crippen LogP contribution in [0.2, 0.25) is 0 Å². The number of aryl methyl sites for hydroxylation is 2. The number of carbonyl (C=O) groups excluding carboxylic acids is 1. The molecule has 6 heteroatoms. The molecule has 1 fully saturated rings. The van der Waals surface area contributed by atoms with Gasteiger partial charge < -0.3 is 9.80 Å². The second-order valence-electron chi connectivity index (χ2n) is 9.16. The topological polar surface area (TPSA) is 49.3 Å². The van der Waals surface area contributed by atoms with E-state index in [1.54, 1.807) is 0 Å². The molecule has 2 aliphatic rings. The summed E-state index contributed by atoms with van der Waals surface area (Å²) in [7, 11) is 0. The maximum Gasteiger partial charge on any atom is 0.253 e. The molecule has 5 nitrogen and oxygen atoms in total.